The van der Waals surface area contributed by atoms with Gasteiger partial charge in [-0.25, -0.2) is 4.79 Å². The van der Waals surface area contributed by atoms with Gasteiger partial charge in [0.15, 0.2) is 5.96 Å². The summed E-state index contributed by atoms with van der Waals surface area (Å²) in [5.74, 6) is -3.46. The molecule has 0 radical (unpaired) electrons. The summed E-state index contributed by atoms with van der Waals surface area (Å²) >= 11 is 4.15. The van der Waals surface area contributed by atoms with E-state index in [-0.39, 0.29) is 43.3 Å². The van der Waals surface area contributed by atoms with Crippen LogP contribution in [0.25, 0.3) is 0 Å². The molecule has 2 rings (SSSR count). The van der Waals surface area contributed by atoms with E-state index in [1.54, 1.807) is 36.4 Å². The summed E-state index contributed by atoms with van der Waals surface area (Å²) in [5.41, 5.74) is 18.1. The first-order valence-corrected chi connectivity index (χ1v) is 13.5. The summed E-state index contributed by atoms with van der Waals surface area (Å²) in [6.07, 6.45) is 0.611. The zero-order valence-corrected chi connectivity index (χ0v) is 23.3. The largest absolute Gasteiger partial charge is 0.508 e. The lowest BCUT2D eigenvalue weighted by atomic mass is 10.0. The molecule has 4 unspecified atom stereocenters. The number of rotatable bonds is 16. The lowest BCUT2D eigenvalue weighted by Gasteiger charge is -2.24. The number of phenolic OH excluding ortho intramolecular Hbond substituents is 1. The van der Waals surface area contributed by atoms with Crippen molar-refractivity contribution in [3.05, 3.63) is 65.7 Å². The first-order chi connectivity index (χ1) is 19.5. The van der Waals surface area contributed by atoms with Crippen molar-refractivity contribution in [2.24, 2.45) is 22.2 Å². The number of nitrogens with one attached hydrogen (secondary N) is 3. The van der Waals surface area contributed by atoms with Crippen LogP contribution < -0.4 is 33.2 Å². The molecule has 0 spiro atoms. The fraction of sp³-hybridized carbons (Fsp3) is 0.370. The van der Waals surface area contributed by atoms with Gasteiger partial charge in [-0.15, -0.1) is 0 Å². The summed E-state index contributed by atoms with van der Waals surface area (Å²) in [4.78, 5) is 54.6. The van der Waals surface area contributed by atoms with E-state index in [9.17, 15) is 29.4 Å². The van der Waals surface area contributed by atoms with E-state index in [2.05, 4.69) is 33.6 Å². The number of aromatic hydroxyl groups is 1. The van der Waals surface area contributed by atoms with Gasteiger partial charge in [0.05, 0.1) is 6.04 Å². The molecule has 11 N–H and O–H groups in total. The zero-order chi connectivity index (χ0) is 30.4. The number of carboxylic acids is 1. The Morgan fingerprint density at radius 2 is 1.37 bits per heavy atom. The molecule has 0 saturated heterocycles. The highest BCUT2D eigenvalue weighted by molar-refractivity contribution is 7.80. The zero-order valence-electron chi connectivity index (χ0n) is 22.4. The highest BCUT2D eigenvalue weighted by atomic mass is 32.1. The number of guanidine groups is 1. The molecule has 0 heterocycles. The van der Waals surface area contributed by atoms with Gasteiger partial charge in [0.2, 0.25) is 17.7 Å². The second-order valence-corrected chi connectivity index (χ2v) is 9.69. The van der Waals surface area contributed by atoms with Crippen molar-refractivity contribution in [3.63, 3.8) is 0 Å². The van der Waals surface area contributed by atoms with Crippen molar-refractivity contribution < 1.29 is 29.4 Å². The average molecular weight is 588 g/mol. The molecule has 0 saturated carbocycles. The van der Waals surface area contributed by atoms with Crippen LogP contribution >= 0.6 is 12.6 Å². The standard InChI is InChI=1S/C27H37N7O6S/c28-19(13-17-8-10-18(35)11-9-17)23(36)33-21(14-16-5-2-1-3-6-16)24(37)34-22(15-41)25(38)32-20(26(39)40)7-4-12-31-27(29)30/h1-3,5-6,8-11,19-22,35,41H,4,7,12-15,28H2,(H,32,38)(H,33,36)(H,34,37)(H,39,40)(H4,29,30,31). The number of nitrogens with two attached hydrogens (primary N) is 3. The fourth-order valence-electron chi connectivity index (χ4n) is 3.82. The number of hydrogen-bond acceptors (Lipinski definition) is 8. The molecule has 41 heavy (non-hydrogen) atoms. The second-order valence-electron chi connectivity index (χ2n) is 9.32. The third-order valence-corrected chi connectivity index (χ3v) is 6.38. The highest BCUT2D eigenvalue weighted by Gasteiger charge is 2.30. The van der Waals surface area contributed by atoms with Crippen LogP contribution in [0.3, 0.4) is 0 Å². The van der Waals surface area contributed by atoms with Crippen LogP contribution in [-0.2, 0) is 32.0 Å². The van der Waals surface area contributed by atoms with Gasteiger partial charge in [0, 0.05) is 18.7 Å². The predicted molar refractivity (Wildman–Crippen MR) is 157 cm³/mol. The molecule has 0 aliphatic rings. The Labute approximate surface area is 243 Å². The molecule has 13 nitrogen and oxygen atoms in total. The van der Waals surface area contributed by atoms with E-state index < -0.39 is 47.9 Å². The minimum absolute atomic E-state index is 0.0523. The Kier molecular flexibility index (Phi) is 13.4. The van der Waals surface area contributed by atoms with Crippen molar-refractivity contribution in [2.75, 3.05) is 12.3 Å². The summed E-state index contributed by atoms with van der Waals surface area (Å²) in [6, 6.07) is 10.7. The Bertz CT molecular complexity index is 1190. The SMILES string of the molecule is NC(N)=NCCCC(NC(=O)C(CS)NC(=O)C(Cc1ccccc1)NC(=O)C(N)Cc1ccc(O)cc1)C(=O)O. The number of benzene rings is 2. The van der Waals surface area contributed by atoms with Crippen LogP contribution in [0.5, 0.6) is 5.75 Å². The Hall–Kier alpha value is -4.30. The number of aliphatic carboxylic acids is 1. The Morgan fingerprint density at radius 1 is 0.805 bits per heavy atom. The van der Waals surface area contributed by atoms with Gasteiger partial charge >= 0.3 is 5.97 Å². The van der Waals surface area contributed by atoms with E-state index in [4.69, 9.17) is 17.2 Å². The topological polar surface area (TPSA) is 235 Å². The van der Waals surface area contributed by atoms with Crippen LogP contribution in [0.2, 0.25) is 0 Å². The van der Waals surface area contributed by atoms with Gasteiger partial charge in [-0.1, -0.05) is 42.5 Å². The third kappa shape index (κ3) is 11.8. The van der Waals surface area contributed by atoms with Crippen LogP contribution in [0, 0.1) is 0 Å². The Morgan fingerprint density at radius 3 is 1.95 bits per heavy atom. The summed E-state index contributed by atoms with van der Waals surface area (Å²) in [7, 11) is 0. The van der Waals surface area contributed by atoms with Gasteiger partial charge in [-0.05, 0) is 42.5 Å². The summed E-state index contributed by atoms with van der Waals surface area (Å²) in [6.45, 7) is 0.185. The van der Waals surface area contributed by atoms with Crippen molar-refractivity contribution in [1.82, 2.24) is 16.0 Å². The molecule has 0 aromatic heterocycles. The number of hydrogen-bond donors (Lipinski definition) is 9. The number of amides is 3. The number of nitrogens with zero attached hydrogens (tertiary/aromatic N) is 1. The minimum atomic E-state index is -1.26. The predicted octanol–water partition coefficient (Wildman–Crippen LogP) is -0.973. The number of carbonyl (C=O) groups is 4. The molecule has 0 aliphatic heterocycles. The van der Waals surface area contributed by atoms with E-state index in [1.807, 2.05) is 6.07 Å². The summed E-state index contributed by atoms with van der Waals surface area (Å²) in [5, 5.41) is 26.6. The van der Waals surface area contributed by atoms with Crippen LogP contribution in [0.15, 0.2) is 59.6 Å². The molecule has 4 atom stereocenters. The van der Waals surface area contributed by atoms with Gasteiger partial charge in [0.1, 0.15) is 23.9 Å². The van der Waals surface area contributed by atoms with Crippen LogP contribution in [-0.4, -0.2) is 76.3 Å². The molecule has 2 aromatic carbocycles. The maximum Gasteiger partial charge on any atom is 0.326 e. The van der Waals surface area contributed by atoms with Crippen molar-refractivity contribution >= 4 is 42.3 Å². The highest BCUT2D eigenvalue weighted by Crippen LogP contribution is 2.11. The lowest BCUT2D eigenvalue weighted by Crippen LogP contribution is -2.58. The number of aliphatic imine (C=N–C) groups is 1. The first kappa shape index (κ1) is 32.9. The quantitative estimate of drug-likeness (QED) is 0.0507. The molecule has 14 heteroatoms. The monoisotopic (exact) mass is 587 g/mol. The van der Waals surface area contributed by atoms with Gasteiger partial charge in [-0.2, -0.15) is 12.6 Å². The maximum atomic E-state index is 13.3. The fourth-order valence-corrected chi connectivity index (χ4v) is 4.07. The van der Waals surface area contributed by atoms with E-state index >= 15 is 0 Å². The van der Waals surface area contributed by atoms with Gasteiger partial charge < -0.3 is 43.4 Å². The number of thiol groups is 1. The third-order valence-electron chi connectivity index (χ3n) is 6.02. The molecular weight excluding hydrogens is 550 g/mol. The lowest BCUT2D eigenvalue weighted by molar-refractivity contribution is -0.142. The average Bonchev–Trinajstić information content (AvgIpc) is 2.94. The Balaban J connectivity index is 2.10. The molecule has 2 aromatic rings. The second kappa shape index (κ2) is 16.7. The van der Waals surface area contributed by atoms with Crippen molar-refractivity contribution in [2.45, 2.75) is 49.9 Å². The molecule has 3 amide bonds. The molecule has 222 valence electrons. The van der Waals surface area contributed by atoms with Gasteiger partial charge in [0.25, 0.3) is 0 Å². The number of phenols is 1. The molecule has 0 fully saturated rings. The normalized spacial score (nSPS) is 13.6. The number of carboxylic acid groups (broad SMARTS) is 1. The van der Waals surface area contributed by atoms with Gasteiger partial charge in [-0.3, -0.25) is 19.4 Å². The van der Waals surface area contributed by atoms with Crippen LogP contribution in [0.1, 0.15) is 24.0 Å². The van der Waals surface area contributed by atoms with E-state index in [1.165, 1.54) is 12.1 Å². The molecule has 0 bridgehead atoms. The van der Waals surface area contributed by atoms with Crippen molar-refractivity contribution in [3.8, 4) is 5.75 Å². The molecular formula is C27H37N7O6S. The molecule has 0 aliphatic carbocycles. The van der Waals surface area contributed by atoms with E-state index in [0.717, 1.165) is 5.56 Å². The van der Waals surface area contributed by atoms with E-state index in [0.29, 0.717) is 12.0 Å². The first-order valence-electron chi connectivity index (χ1n) is 12.9. The smallest absolute Gasteiger partial charge is 0.326 e. The maximum absolute atomic E-state index is 13.3. The number of carbonyl (C=O) groups excluding carboxylic acids is 3. The summed E-state index contributed by atoms with van der Waals surface area (Å²) < 4.78 is 0. The van der Waals surface area contributed by atoms with Crippen LogP contribution in [0.4, 0.5) is 0 Å². The van der Waals surface area contributed by atoms with Crippen molar-refractivity contribution in [1.29, 1.82) is 0 Å². The minimum Gasteiger partial charge on any atom is -0.508 e.